The number of nitrogens with one attached hydrogen (secondary N) is 1. The Hall–Kier alpha value is -0.220. The number of halogens is 2. The summed E-state index contributed by atoms with van der Waals surface area (Å²) in [6.07, 6.45) is 2.06. The van der Waals surface area contributed by atoms with Crippen LogP contribution < -0.4 is 5.32 Å². The Labute approximate surface area is 64.9 Å². The molecule has 11 heavy (non-hydrogen) atoms. The summed E-state index contributed by atoms with van der Waals surface area (Å²) in [7, 11) is 1.28. The SMILES string of the molecule is COCC(F)(F)CNC1CC1. The Morgan fingerprint density at radius 1 is 1.55 bits per heavy atom. The van der Waals surface area contributed by atoms with Crippen molar-refractivity contribution in [2.75, 3.05) is 20.3 Å². The minimum absolute atomic E-state index is 0.258. The molecule has 2 nitrogen and oxygen atoms in total. The topological polar surface area (TPSA) is 21.3 Å². The summed E-state index contributed by atoms with van der Waals surface area (Å²) >= 11 is 0. The quantitative estimate of drug-likeness (QED) is 0.656. The number of hydrogen-bond donors (Lipinski definition) is 1. The fraction of sp³-hybridized carbons (Fsp3) is 1.00. The van der Waals surface area contributed by atoms with Gasteiger partial charge < -0.3 is 10.1 Å². The second-order valence-corrected chi connectivity index (χ2v) is 2.94. The first-order chi connectivity index (χ1) is 5.14. The van der Waals surface area contributed by atoms with Gasteiger partial charge in [-0.05, 0) is 12.8 Å². The van der Waals surface area contributed by atoms with Crippen LogP contribution in [0.4, 0.5) is 8.78 Å². The van der Waals surface area contributed by atoms with Gasteiger partial charge in [0.15, 0.2) is 0 Å². The average molecular weight is 165 g/mol. The van der Waals surface area contributed by atoms with Gasteiger partial charge in [0.25, 0.3) is 5.92 Å². The molecule has 0 aromatic rings. The minimum Gasteiger partial charge on any atom is -0.378 e. The molecule has 0 bridgehead atoms. The third-order valence-corrected chi connectivity index (χ3v) is 1.58. The van der Waals surface area contributed by atoms with Crippen molar-refractivity contribution < 1.29 is 13.5 Å². The highest BCUT2D eigenvalue weighted by atomic mass is 19.3. The van der Waals surface area contributed by atoms with E-state index in [2.05, 4.69) is 10.1 Å². The van der Waals surface area contributed by atoms with Gasteiger partial charge in [-0.3, -0.25) is 0 Å². The molecule has 0 unspecified atom stereocenters. The van der Waals surface area contributed by atoms with Gasteiger partial charge in [0, 0.05) is 13.2 Å². The molecule has 1 aliphatic carbocycles. The molecule has 0 heterocycles. The number of hydrogen-bond acceptors (Lipinski definition) is 2. The van der Waals surface area contributed by atoms with Crippen LogP contribution in [0.3, 0.4) is 0 Å². The molecule has 0 radical (unpaired) electrons. The fourth-order valence-corrected chi connectivity index (χ4v) is 0.843. The van der Waals surface area contributed by atoms with Crippen LogP contribution in [0.1, 0.15) is 12.8 Å². The number of alkyl halides is 2. The summed E-state index contributed by atoms with van der Waals surface area (Å²) in [5.41, 5.74) is 0. The van der Waals surface area contributed by atoms with E-state index < -0.39 is 12.5 Å². The van der Waals surface area contributed by atoms with E-state index in [9.17, 15) is 8.78 Å². The van der Waals surface area contributed by atoms with E-state index in [1.807, 2.05) is 0 Å². The largest absolute Gasteiger partial charge is 0.378 e. The molecule has 1 N–H and O–H groups in total. The standard InChI is InChI=1S/C7H13F2NO/c1-11-5-7(8,9)4-10-6-2-3-6/h6,10H,2-5H2,1H3. The molecule has 0 aromatic heterocycles. The van der Waals surface area contributed by atoms with Crippen LogP contribution in [0.2, 0.25) is 0 Å². The van der Waals surface area contributed by atoms with Gasteiger partial charge in [0.05, 0.1) is 6.54 Å². The van der Waals surface area contributed by atoms with Crippen LogP contribution >= 0.6 is 0 Å². The highest BCUT2D eigenvalue weighted by Crippen LogP contribution is 2.20. The van der Waals surface area contributed by atoms with E-state index in [4.69, 9.17) is 0 Å². The second-order valence-electron chi connectivity index (χ2n) is 2.94. The van der Waals surface area contributed by atoms with Gasteiger partial charge in [-0.1, -0.05) is 0 Å². The van der Waals surface area contributed by atoms with Gasteiger partial charge in [0.2, 0.25) is 0 Å². The van der Waals surface area contributed by atoms with Crippen molar-refractivity contribution in [1.29, 1.82) is 0 Å². The lowest BCUT2D eigenvalue weighted by Crippen LogP contribution is -2.37. The Bertz CT molecular complexity index is 126. The highest BCUT2D eigenvalue weighted by molar-refractivity contribution is 4.83. The van der Waals surface area contributed by atoms with Gasteiger partial charge in [-0.15, -0.1) is 0 Å². The molecule has 4 heteroatoms. The van der Waals surface area contributed by atoms with E-state index >= 15 is 0 Å². The number of ether oxygens (including phenoxy) is 1. The zero-order chi connectivity index (χ0) is 8.32. The van der Waals surface area contributed by atoms with Crippen LogP contribution in [0.15, 0.2) is 0 Å². The van der Waals surface area contributed by atoms with Gasteiger partial charge in [-0.2, -0.15) is 0 Å². The lowest BCUT2D eigenvalue weighted by Gasteiger charge is -2.15. The van der Waals surface area contributed by atoms with Crippen LogP contribution in [0.5, 0.6) is 0 Å². The maximum atomic E-state index is 12.6. The lowest BCUT2D eigenvalue weighted by molar-refractivity contribution is -0.0619. The summed E-state index contributed by atoms with van der Waals surface area (Å²) in [5.74, 6) is -2.71. The van der Waals surface area contributed by atoms with Crippen molar-refractivity contribution in [2.45, 2.75) is 24.8 Å². The average Bonchev–Trinajstić information content (AvgIpc) is 2.65. The zero-order valence-electron chi connectivity index (χ0n) is 6.57. The van der Waals surface area contributed by atoms with Gasteiger partial charge in [0.1, 0.15) is 6.61 Å². The Morgan fingerprint density at radius 2 is 2.18 bits per heavy atom. The normalized spacial score (nSPS) is 18.8. The zero-order valence-corrected chi connectivity index (χ0v) is 6.57. The first-order valence-electron chi connectivity index (χ1n) is 3.74. The molecule has 1 fully saturated rings. The van der Waals surface area contributed by atoms with Gasteiger partial charge >= 0.3 is 0 Å². The molecule has 0 amide bonds. The van der Waals surface area contributed by atoms with Crippen LogP contribution in [0, 0.1) is 0 Å². The van der Waals surface area contributed by atoms with Crippen molar-refractivity contribution in [2.24, 2.45) is 0 Å². The molecular formula is C7H13F2NO. The van der Waals surface area contributed by atoms with E-state index in [-0.39, 0.29) is 6.54 Å². The first kappa shape index (κ1) is 8.87. The highest BCUT2D eigenvalue weighted by Gasteiger charge is 2.31. The van der Waals surface area contributed by atoms with Crippen molar-refractivity contribution >= 4 is 0 Å². The summed E-state index contributed by atoms with van der Waals surface area (Å²) in [4.78, 5) is 0. The fourth-order valence-electron chi connectivity index (χ4n) is 0.843. The van der Waals surface area contributed by atoms with Crippen molar-refractivity contribution in [3.63, 3.8) is 0 Å². The van der Waals surface area contributed by atoms with Crippen molar-refractivity contribution in [3.8, 4) is 0 Å². The maximum absolute atomic E-state index is 12.6. The predicted molar refractivity (Wildman–Crippen MR) is 37.8 cm³/mol. The number of methoxy groups -OCH3 is 1. The maximum Gasteiger partial charge on any atom is 0.283 e. The monoisotopic (exact) mass is 165 g/mol. The smallest absolute Gasteiger partial charge is 0.283 e. The third kappa shape index (κ3) is 3.62. The molecule has 0 spiro atoms. The van der Waals surface area contributed by atoms with Crippen LogP contribution in [-0.4, -0.2) is 32.2 Å². The molecule has 66 valence electrons. The summed E-state index contributed by atoms with van der Waals surface area (Å²) in [5, 5.41) is 2.75. The van der Waals surface area contributed by atoms with Crippen LogP contribution in [0.25, 0.3) is 0 Å². The summed E-state index contributed by atoms with van der Waals surface area (Å²) in [6, 6.07) is 0.331. The summed E-state index contributed by atoms with van der Waals surface area (Å²) in [6.45, 7) is -0.752. The van der Waals surface area contributed by atoms with Crippen molar-refractivity contribution in [3.05, 3.63) is 0 Å². The third-order valence-electron chi connectivity index (χ3n) is 1.58. The molecule has 0 saturated heterocycles. The lowest BCUT2D eigenvalue weighted by atomic mass is 10.3. The van der Waals surface area contributed by atoms with Crippen LogP contribution in [-0.2, 0) is 4.74 Å². The predicted octanol–water partition coefficient (Wildman–Crippen LogP) is 1.02. The molecule has 0 aromatic carbocycles. The first-order valence-corrected chi connectivity index (χ1v) is 3.74. The molecular weight excluding hydrogens is 152 g/mol. The summed E-state index contributed by atoms with van der Waals surface area (Å²) < 4.78 is 29.6. The molecule has 1 rings (SSSR count). The molecule has 0 aliphatic heterocycles. The van der Waals surface area contributed by atoms with E-state index in [0.29, 0.717) is 6.04 Å². The van der Waals surface area contributed by atoms with Crippen molar-refractivity contribution in [1.82, 2.24) is 5.32 Å². The number of rotatable bonds is 5. The molecule has 1 aliphatic rings. The van der Waals surface area contributed by atoms with E-state index in [0.717, 1.165) is 12.8 Å². The Morgan fingerprint density at radius 3 is 2.64 bits per heavy atom. The Balaban J connectivity index is 2.09. The minimum atomic E-state index is -2.71. The van der Waals surface area contributed by atoms with Gasteiger partial charge in [-0.25, -0.2) is 8.78 Å². The molecule has 1 saturated carbocycles. The molecule has 0 atom stereocenters. The Kier molecular flexibility index (Phi) is 2.78. The van der Waals surface area contributed by atoms with E-state index in [1.165, 1.54) is 7.11 Å². The second kappa shape index (κ2) is 3.45. The van der Waals surface area contributed by atoms with E-state index in [1.54, 1.807) is 0 Å².